The van der Waals surface area contributed by atoms with E-state index in [9.17, 15) is 18.0 Å². The number of hydrogen-bond donors (Lipinski definition) is 1. The van der Waals surface area contributed by atoms with Crippen LogP contribution in [0.4, 0.5) is 13.2 Å². The summed E-state index contributed by atoms with van der Waals surface area (Å²) in [5.74, 6) is -0.436. The second-order valence-electron chi connectivity index (χ2n) is 6.59. The van der Waals surface area contributed by atoms with E-state index in [-0.39, 0.29) is 17.1 Å². The Morgan fingerprint density at radius 1 is 1.21 bits per heavy atom. The van der Waals surface area contributed by atoms with Crippen molar-refractivity contribution in [2.75, 3.05) is 6.54 Å². The van der Waals surface area contributed by atoms with Gasteiger partial charge in [-0.1, -0.05) is 48.0 Å². The van der Waals surface area contributed by atoms with Crippen LogP contribution in [0.1, 0.15) is 25.5 Å². The van der Waals surface area contributed by atoms with E-state index in [1.807, 2.05) is 0 Å². The molecular formula is C17H16ClF3N2O. The third-order valence-electron chi connectivity index (χ3n) is 4.23. The molecule has 1 aliphatic rings. The van der Waals surface area contributed by atoms with Crippen LogP contribution in [0.25, 0.3) is 10.8 Å². The summed E-state index contributed by atoms with van der Waals surface area (Å²) < 4.78 is 41.3. The number of nitrogens with one attached hydrogen (secondary N) is 1. The van der Waals surface area contributed by atoms with Crippen molar-refractivity contribution in [3.05, 3.63) is 47.0 Å². The first-order valence-corrected chi connectivity index (χ1v) is 7.80. The fourth-order valence-electron chi connectivity index (χ4n) is 2.96. The highest BCUT2D eigenvalue weighted by atomic mass is 35.5. The third kappa shape index (κ3) is 2.84. The molecule has 0 aliphatic carbocycles. The molecule has 1 amide bonds. The summed E-state index contributed by atoms with van der Waals surface area (Å²) >= 11 is 6.29. The molecule has 3 nitrogen and oxygen atoms in total. The Kier molecular flexibility index (Phi) is 4.00. The van der Waals surface area contributed by atoms with Crippen molar-refractivity contribution in [2.24, 2.45) is 5.41 Å². The normalized spacial score (nSPS) is 19.5. The molecule has 1 N–H and O–H groups in total. The van der Waals surface area contributed by atoms with E-state index in [1.54, 1.807) is 44.2 Å². The number of carbonyl (C=O) groups is 1. The lowest BCUT2D eigenvalue weighted by Crippen LogP contribution is -2.43. The van der Waals surface area contributed by atoms with Crippen molar-refractivity contribution in [1.82, 2.24) is 10.4 Å². The van der Waals surface area contributed by atoms with Crippen LogP contribution in [0, 0.1) is 5.41 Å². The van der Waals surface area contributed by atoms with E-state index in [2.05, 4.69) is 5.43 Å². The van der Waals surface area contributed by atoms with E-state index in [0.29, 0.717) is 5.39 Å². The molecule has 2 aromatic carbocycles. The van der Waals surface area contributed by atoms with Gasteiger partial charge in [0.1, 0.15) is 0 Å². The van der Waals surface area contributed by atoms with Crippen molar-refractivity contribution in [1.29, 1.82) is 0 Å². The number of alkyl halides is 3. The minimum atomic E-state index is -4.58. The number of fused-ring (bicyclic) bond motifs is 1. The maximum Gasteiger partial charge on any atom is 0.409 e. The van der Waals surface area contributed by atoms with Crippen LogP contribution in [0.3, 0.4) is 0 Å². The Hall–Kier alpha value is -1.79. The summed E-state index contributed by atoms with van der Waals surface area (Å²) in [4.78, 5) is 11.9. The largest absolute Gasteiger partial charge is 0.409 e. The molecule has 7 heteroatoms. The zero-order valence-electron chi connectivity index (χ0n) is 13.1. The standard InChI is InChI=1S/C17H16ClF3N2O/c1-16(2)9-23(22-15(16)24)14(17(19,20)21)12-8-7-10-5-3-4-6-11(10)13(12)18/h3-8,14H,9H2,1-2H3,(H,22,24). The summed E-state index contributed by atoms with van der Waals surface area (Å²) in [5, 5.41) is 2.29. The molecule has 1 aliphatic heterocycles. The third-order valence-corrected chi connectivity index (χ3v) is 4.66. The first kappa shape index (κ1) is 17.0. The molecule has 0 spiro atoms. The first-order valence-electron chi connectivity index (χ1n) is 7.43. The Balaban J connectivity index is 2.12. The van der Waals surface area contributed by atoms with E-state index >= 15 is 0 Å². The van der Waals surface area contributed by atoms with Crippen molar-refractivity contribution < 1.29 is 18.0 Å². The van der Waals surface area contributed by atoms with Gasteiger partial charge in [0.25, 0.3) is 0 Å². The average Bonchev–Trinajstić information content (AvgIpc) is 2.74. The van der Waals surface area contributed by atoms with E-state index in [1.165, 1.54) is 6.07 Å². The van der Waals surface area contributed by atoms with Gasteiger partial charge in [-0.25, -0.2) is 5.01 Å². The summed E-state index contributed by atoms with van der Waals surface area (Å²) in [5.41, 5.74) is 1.38. The van der Waals surface area contributed by atoms with Gasteiger partial charge in [0.05, 0.1) is 10.4 Å². The van der Waals surface area contributed by atoms with Crippen molar-refractivity contribution >= 4 is 28.3 Å². The summed E-state index contributed by atoms with van der Waals surface area (Å²) in [6.45, 7) is 3.16. The second kappa shape index (κ2) is 5.63. The lowest BCUT2D eigenvalue weighted by Gasteiger charge is -2.30. The molecule has 1 heterocycles. The molecule has 2 aromatic rings. The topological polar surface area (TPSA) is 32.3 Å². The van der Waals surface area contributed by atoms with Gasteiger partial charge in [-0.3, -0.25) is 10.2 Å². The van der Waals surface area contributed by atoms with Crippen molar-refractivity contribution in [2.45, 2.75) is 26.1 Å². The average molecular weight is 357 g/mol. The van der Waals surface area contributed by atoms with Gasteiger partial charge >= 0.3 is 6.18 Å². The number of hydrazine groups is 1. The maximum absolute atomic E-state index is 13.8. The number of halogens is 4. The maximum atomic E-state index is 13.8. The first-order chi connectivity index (χ1) is 11.1. The monoisotopic (exact) mass is 356 g/mol. The molecule has 1 unspecified atom stereocenters. The molecule has 0 aromatic heterocycles. The summed E-state index contributed by atoms with van der Waals surface area (Å²) in [6, 6.07) is 7.97. The van der Waals surface area contributed by atoms with E-state index < -0.39 is 23.5 Å². The number of carbonyl (C=O) groups excluding carboxylic acids is 1. The quantitative estimate of drug-likeness (QED) is 0.861. The van der Waals surface area contributed by atoms with Crippen LogP contribution in [0.15, 0.2) is 36.4 Å². The van der Waals surface area contributed by atoms with Gasteiger partial charge in [0, 0.05) is 11.9 Å². The Bertz CT molecular complexity index is 804. The molecule has 0 radical (unpaired) electrons. The van der Waals surface area contributed by atoms with Crippen LogP contribution >= 0.6 is 11.6 Å². The fourth-order valence-corrected chi connectivity index (χ4v) is 3.30. The molecular weight excluding hydrogens is 341 g/mol. The van der Waals surface area contributed by atoms with Crippen LogP contribution in [-0.4, -0.2) is 23.6 Å². The van der Waals surface area contributed by atoms with Crippen molar-refractivity contribution in [3.8, 4) is 0 Å². The van der Waals surface area contributed by atoms with Gasteiger partial charge in [-0.2, -0.15) is 13.2 Å². The Labute approximate surface area is 142 Å². The van der Waals surface area contributed by atoms with Crippen molar-refractivity contribution in [3.63, 3.8) is 0 Å². The molecule has 128 valence electrons. The predicted molar refractivity (Wildman–Crippen MR) is 86.4 cm³/mol. The minimum absolute atomic E-state index is 0.0504. The number of benzene rings is 2. The number of amides is 1. The Morgan fingerprint density at radius 2 is 1.88 bits per heavy atom. The predicted octanol–water partition coefficient (Wildman–Crippen LogP) is 4.47. The molecule has 0 bridgehead atoms. The number of nitrogens with zero attached hydrogens (tertiary/aromatic N) is 1. The van der Waals surface area contributed by atoms with Crippen LogP contribution in [-0.2, 0) is 4.79 Å². The van der Waals surface area contributed by atoms with Crippen LogP contribution < -0.4 is 5.43 Å². The van der Waals surface area contributed by atoms with Gasteiger partial charge in [0.15, 0.2) is 6.04 Å². The second-order valence-corrected chi connectivity index (χ2v) is 6.96. The molecule has 1 atom stereocenters. The highest BCUT2D eigenvalue weighted by Gasteiger charge is 2.51. The van der Waals surface area contributed by atoms with Gasteiger partial charge in [-0.05, 0) is 24.8 Å². The van der Waals surface area contributed by atoms with Gasteiger partial charge < -0.3 is 0 Å². The lowest BCUT2D eigenvalue weighted by atomic mass is 9.93. The molecule has 1 fully saturated rings. The molecule has 0 saturated carbocycles. The number of rotatable bonds is 2. The minimum Gasteiger partial charge on any atom is -0.287 e. The highest BCUT2D eigenvalue weighted by molar-refractivity contribution is 6.36. The zero-order chi connectivity index (χ0) is 17.7. The van der Waals surface area contributed by atoms with Crippen LogP contribution in [0.2, 0.25) is 5.02 Å². The van der Waals surface area contributed by atoms with Gasteiger partial charge in [0.2, 0.25) is 5.91 Å². The molecule has 3 rings (SSSR count). The van der Waals surface area contributed by atoms with E-state index in [4.69, 9.17) is 11.6 Å². The SMILES string of the molecule is CC1(C)CN(C(c2ccc3ccccc3c2Cl)C(F)(F)F)NC1=O. The zero-order valence-corrected chi connectivity index (χ0v) is 13.9. The lowest BCUT2D eigenvalue weighted by molar-refractivity contribution is -0.191. The summed E-state index contributed by atoms with van der Waals surface area (Å²) in [7, 11) is 0. The fraction of sp³-hybridized carbons (Fsp3) is 0.353. The highest BCUT2D eigenvalue weighted by Crippen LogP contribution is 2.44. The number of hydrogen-bond acceptors (Lipinski definition) is 2. The van der Waals surface area contributed by atoms with Gasteiger partial charge in [-0.15, -0.1) is 0 Å². The van der Waals surface area contributed by atoms with Crippen LogP contribution in [0.5, 0.6) is 0 Å². The van der Waals surface area contributed by atoms with E-state index in [0.717, 1.165) is 10.4 Å². The molecule has 1 saturated heterocycles. The Morgan fingerprint density at radius 3 is 2.46 bits per heavy atom. The summed E-state index contributed by atoms with van der Waals surface area (Å²) in [6.07, 6.45) is -4.58. The smallest absolute Gasteiger partial charge is 0.287 e. The molecule has 24 heavy (non-hydrogen) atoms.